The fraction of sp³-hybridized carbons (Fsp3) is 0.0909. The van der Waals surface area contributed by atoms with Gasteiger partial charge in [-0.3, -0.25) is 29.5 Å². The van der Waals surface area contributed by atoms with Crippen molar-refractivity contribution in [3.05, 3.63) is 279 Å². The van der Waals surface area contributed by atoms with Gasteiger partial charge in [-0.25, -0.2) is 39.9 Å². The van der Waals surface area contributed by atoms with Crippen LogP contribution in [0.25, 0.3) is 111 Å². The molecule has 0 saturated carbocycles. The van der Waals surface area contributed by atoms with Crippen molar-refractivity contribution in [3.63, 3.8) is 0 Å². The quantitative estimate of drug-likeness (QED) is 0.0351. The first-order valence-electron chi connectivity index (χ1n) is 37.1. The van der Waals surface area contributed by atoms with Gasteiger partial charge in [0.25, 0.3) is 0 Å². The lowest BCUT2D eigenvalue weighted by atomic mass is 10.0. The summed E-state index contributed by atoms with van der Waals surface area (Å²) in [4.78, 5) is 51.9. The molecule has 11 aromatic heterocycles. The molecule has 117 heavy (non-hydrogen) atoms. The third kappa shape index (κ3) is 15.8. The van der Waals surface area contributed by atoms with Gasteiger partial charge in [-0.05, 0) is 129 Å². The molecular weight excluding hydrogens is 1490 g/mol. The molecule has 0 atom stereocenters. The van der Waals surface area contributed by atoms with Crippen LogP contribution < -0.4 is 40.2 Å². The minimum atomic E-state index is 0.561. The predicted octanol–water partition coefficient (Wildman–Crippen LogP) is 17.9. The number of methoxy groups -OCH3 is 4. The molecule has 7 aromatic carbocycles. The lowest BCUT2D eigenvalue weighted by Crippen LogP contribution is -2.01. The molecule has 576 valence electrons. The molecule has 0 fully saturated rings. The third-order valence-corrected chi connectivity index (χ3v) is 20.3. The van der Waals surface area contributed by atoms with Crippen LogP contribution in [0, 0.1) is 0 Å². The van der Waals surface area contributed by atoms with Gasteiger partial charge in [0.2, 0.25) is 0 Å². The second kappa shape index (κ2) is 33.7. The summed E-state index contributed by atoms with van der Waals surface area (Å²) < 4.78 is 25.8. The molecule has 0 saturated heterocycles. The number of ether oxygens (including phenoxy) is 4. The molecule has 0 bridgehead atoms. The van der Waals surface area contributed by atoms with Crippen molar-refractivity contribution in [3.8, 4) is 89.5 Å². The van der Waals surface area contributed by atoms with Gasteiger partial charge in [0, 0.05) is 54.9 Å². The summed E-state index contributed by atoms with van der Waals surface area (Å²) in [6.07, 6.45) is 21.7. The van der Waals surface area contributed by atoms with E-state index in [9.17, 15) is 0 Å². The lowest BCUT2D eigenvalue weighted by Gasteiger charge is -2.13. The molecule has 0 unspecified atom stereocenters. The van der Waals surface area contributed by atoms with E-state index in [4.69, 9.17) is 18.9 Å². The summed E-state index contributed by atoms with van der Waals surface area (Å²) in [7, 11) is 10.4. The second-order valence-electron chi connectivity index (χ2n) is 26.6. The number of nitrogens with one attached hydrogen (secondary N) is 8. The first-order chi connectivity index (χ1) is 57.6. The van der Waals surface area contributed by atoms with Crippen LogP contribution in [0.2, 0.25) is 0 Å². The third-order valence-electron chi connectivity index (χ3n) is 19.4. The van der Waals surface area contributed by atoms with Gasteiger partial charge in [-0.1, -0.05) is 127 Å². The Bertz CT molecular complexity index is 6500. The van der Waals surface area contributed by atoms with E-state index >= 15 is 0 Å². The molecule has 18 aromatic rings. The number of aromatic nitrogens is 18. The predicted molar refractivity (Wildman–Crippen MR) is 461 cm³/mol. The zero-order valence-electron chi connectivity index (χ0n) is 64.0. The number of aromatic amines is 4. The molecule has 0 amide bonds. The van der Waals surface area contributed by atoms with Crippen LogP contribution in [0.3, 0.4) is 0 Å². The number of benzene rings is 7. The Balaban J connectivity index is 0.000000112. The standard InChI is InChI=1S/C23H20N6O.C22H19N7O.C22H18N6O.C21H17N5OS/c1-29-11-10-18(28-29)17-13-24-22-21(17)23(26-14-25-22)27-19-12-16(8-9-20(19)30-2)15-6-4-3-5-7-15;1-29-11-10-16(28-29)20-19-21(23-13-24-22(19)27-26-20)25-17-12-15(8-9-18(17)30-2)14-6-4-3-5-7-14;1-29-18-10-9-15(14-6-3-2-4-7-14)12-17(18)26-21-19-20(16-8-5-11-23-16)27-28-22(19)25-13-24-21;1-27-17-7-6-13(18-5-3-9-28-18)10-16(17)26-21-19-14(15-4-2-8-22-15)11-23-20(19)24-12-25-21/h3-14H,1-2H3,(H2,24,25,26,27);3-13H,1-2H3,(H2,23,24,25,26,27);2-10,12-13H,11H2,1H3,(H2,24,25,26,27,28);2-7,9-12H,8H2,1H3,(H2,23,24,25,26). The van der Waals surface area contributed by atoms with Gasteiger partial charge in [0.1, 0.15) is 88.6 Å². The van der Waals surface area contributed by atoms with Gasteiger partial charge in [-0.2, -0.15) is 20.4 Å². The normalized spacial score (nSPS) is 12.0. The number of aliphatic imine (C=N–C) groups is 2. The number of anilines is 8. The van der Waals surface area contributed by atoms with Crippen molar-refractivity contribution in [1.29, 1.82) is 0 Å². The molecule has 2 aliphatic rings. The number of fused-ring (bicyclic) bond motifs is 4. The summed E-state index contributed by atoms with van der Waals surface area (Å²) in [6.45, 7) is 1.37. The first-order valence-corrected chi connectivity index (χ1v) is 38.0. The molecule has 13 heterocycles. The van der Waals surface area contributed by atoms with E-state index in [0.717, 1.165) is 157 Å². The summed E-state index contributed by atoms with van der Waals surface area (Å²) in [5.74, 6) is 5.59. The van der Waals surface area contributed by atoms with Gasteiger partial charge >= 0.3 is 0 Å². The van der Waals surface area contributed by atoms with Gasteiger partial charge in [-0.15, -0.1) is 11.3 Å². The maximum absolute atomic E-state index is 5.59. The summed E-state index contributed by atoms with van der Waals surface area (Å²) in [5.41, 5.74) is 20.6. The van der Waals surface area contributed by atoms with Crippen LogP contribution >= 0.6 is 11.3 Å². The molecular formula is C88H74N24O4S. The average molecular weight is 1560 g/mol. The number of allylic oxidation sites excluding steroid dienone is 2. The molecule has 20 rings (SSSR count). The van der Waals surface area contributed by atoms with Gasteiger partial charge in [0.05, 0.1) is 114 Å². The largest absolute Gasteiger partial charge is 0.495 e. The zero-order valence-corrected chi connectivity index (χ0v) is 64.8. The average Bonchev–Trinajstić information content (AvgIpc) is 1.65. The number of nitrogens with zero attached hydrogens (tertiary/aromatic N) is 16. The Kier molecular flexibility index (Phi) is 21.3. The van der Waals surface area contributed by atoms with Crippen LogP contribution in [0.15, 0.2) is 278 Å². The van der Waals surface area contributed by atoms with Crippen molar-refractivity contribution in [2.45, 2.75) is 0 Å². The molecule has 8 N–H and O–H groups in total. The molecule has 28 nitrogen and oxygen atoms in total. The summed E-state index contributed by atoms with van der Waals surface area (Å²) in [6, 6.07) is 62.9. The molecule has 29 heteroatoms. The van der Waals surface area contributed by atoms with E-state index in [0.29, 0.717) is 53.4 Å². The van der Waals surface area contributed by atoms with Crippen LogP contribution in [-0.4, -0.2) is 143 Å². The highest BCUT2D eigenvalue weighted by Gasteiger charge is 2.24. The topological polar surface area (TPSA) is 337 Å². The Morgan fingerprint density at radius 1 is 0.376 bits per heavy atom. The first kappa shape index (κ1) is 74.0. The van der Waals surface area contributed by atoms with Crippen LogP contribution in [0.1, 0.15) is 11.3 Å². The molecule has 0 spiro atoms. The van der Waals surface area contributed by atoms with Crippen molar-refractivity contribution in [2.75, 3.05) is 62.8 Å². The number of aryl methyl sites for hydroxylation is 2. The Labute approximate surface area is 673 Å². The smallest absolute Gasteiger partial charge is 0.186 e. The van der Waals surface area contributed by atoms with E-state index in [2.05, 4.69) is 184 Å². The van der Waals surface area contributed by atoms with Crippen molar-refractivity contribution in [2.24, 2.45) is 24.1 Å². The Morgan fingerprint density at radius 2 is 0.778 bits per heavy atom. The monoisotopic (exact) mass is 1560 g/mol. The highest BCUT2D eigenvalue weighted by atomic mass is 32.1. The number of rotatable bonds is 20. The Hall–Kier alpha value is -15.8. The zero-order chi connectivity index (χ0) is 79.6. The van der Waals surface area contributed by atoms with E-state index in [1.165, 1.54) is 23.9 Å². The van der Waals surface area contributed by atoms with Crippen LogP contribution in [0.5, 0.6) is 23.0 Å². The number of hydrogen-bond acceptors (Lipinski definition) is 23. The fourth-order valence-electron chi connectivity index (χ4n) is 13.7. The second-order valence-corrected chi connectivity index (χ2v) is 27.5. The lowest BCUT2D eigenvalue weighted by molar-refractivity contribution is 0.417. The summed E-state index contributed by atoms with van der Waals surface area (Å²) in [5, 5.41) is 42.9. The Morgan fingerprint density at radius 3 is 1.21 bits per heavy atom. The minimum absolute atomic E-state index is 0.561. The van der Waals surface area contributed by atoms with Crippen molar-refractivity contribution in [1.82, 2.24) is 89.8 Å². The van der Waals surface area contributed by atoms with E-state index in [1.807, 2.05) is 185 Å². The van der Waals surface area contributed by atoms with Crippen LogP contribution in [-0.2, 0) is 14.1 Å². The van der Waals surface area contributed by atoms with E-state index < -0.39 is 0 Å². The van der Waals surface area contributed by atoms with Gasteiger partial charge in [0.15, 0.2) is 11.3 Å². The number of H-pyrrole nitrogens is 4. The highest BCUT2D eigenvalue weighted by molar-refractivity contribution is 7.13. The molecule has 2 aliphatic heterocycles. The van der Waals surface area contributed by atoms with E-state index in [-0.39, 0.29) is 0 Å². The fourth-order valence-corrected chi connectivity index (χ4v) is 14.5. The maximum atomic E-state index is 5.59. The minimum Gasteiger partial charge on any atom is -0.495 e. The van der Waals surface area contributed by atoms with E-state index in [1.54, 1.807) is 55.5 Å². The van der Waals surface area contributed by atoms with Crippen molar-refractivity contribution >= 4 is 113 Å². The number of thiophene rings is 1. The van der Waals surface area contributed by atoms with Crippen molar-refractivity contribution < 1.29 is 18.9 Å². The van der Waals surface area contributed by atoms with Gasteiger partial charge < -0.3 is 50.2 Å². The molecule has 0 aliphatic carbocycles. The SMILES string of the molecule is COc1ccc(-c2ccccc2)cc1Nc1ncnc2[nH]cc(-c3ccn(C)n3)c12.COc1ccc(-c2ccccc2)cc1Nc1ncnc2n[nH]c(-c3ccn(C)n3)c12.COc1ccc(-c2ccccc2)cc1Nc1ncnc2n[nH]c(C3=NCC=C3)c12.COc1ccc(-c2cccs2)cc1Nc1ncnc2[nH]cc(C3=NCC=C3)c12. The number of hydrogen-bond donors (Lipinski definition) is 8. The summed E-state index contributed by atoms with van der Waals surface area (Å²) >= 11 is 1.71. The highest BCUT2D eigenvalue weighted by Crippen LogP contribution is 2.42. The molecule has 0 radical (unpaired) electrons. The van der Waals surface area contributed by atoms with Crippen LogP contribution in [0.4, 0.5) is 46.0 Å². The maximum Gasteiger partial charge on any atom is 0.186 e.